The van der Waals surface area contributed by atoms with Crippen molar-refractivity contribution in [2.75, 3.05) is 26.2 Å². The van der Waals surface area contributed by atoms with Crippen LogP contribution in [0, 0.1) is 17.8 Å². The minimum Gasteiger partial charge on any atom is -0.469 e. The summed E-state index contributed by atoms with van der Waals surface area (Å²) in [5.74, 6) is -1.70. The number of fused-ring (bicyclic) bond motifs is 1. The van der Waals surface area contributed by atoms with Gasteiger partial charge in [0.1, 0.15) is 17.2 Å². The normalized spacial score (nSPS) is 28.0. The monoisotopic (exact) mass is 444 g/mol. The Morgan fingerprint density at radius 1 is 1.17 bits per heavy atom. The van der Waals surface area contributed by atoms with Crippen molar-refractivity contribution >= 4 is 35.7 Å². The SMILES string of the molecule is COC(=O)[C@H]1[C@@H]2CC[C@@](NC(=O)[C@H](CCSC)NC(=O)OC(C)(C)C)(C(=O)OC)[C@@H]21. The number of alkyl carbamates (subject to hydrolysis) is 1. The van der Waals surface area contributed by atoms with Crippen LogP contribution in [0.2, 0.25) is 0 Å². The van der Waals surface area contributed by atoms with Gasteiger partial charge in [-0.15, -0.1) is 0 Å². The van der Waals surface area contributed by atoms with Crippen LogP contribution in [-0.2, 0) is 28.6 Å². The Kier molecular flexibility index (Phi) is 7.65. The van der Waals surface area contributed by atoms with E-state index >= 15 is 0 Å². The summed E-state index contributed by atoms with van der Waals surface area (Å²) >= 11 is 1.53. The third kappa shape index (κ3) is 5.19. The van der Waals surface area contributed by atoms with Crippen LogP contribution in [0.3, 0.4) is 0 Å². The van der Waals surface area contributed by atoms with Gasteiger partial charge in [0.25, 0.3) is 0 Å². The number of hydrogen-bond donors (Lipinski definition) is 2. The standard InChI is InChI=1S/C20H32N2O7S/c1-19(2,3)29-18(26)21-12(8-10-30-6)15(23)22-20(17(25)28-5)9-7-11-13(14(11)20)16(24)27-4/h11-14H,7-10H2,1-6H3,(H,21,26)(H,22,23)/t11-,12-,13-,14-,20-/m0/s1. The van der Waals surface area contributed by atoms with Crippen LogP contribution in [0.1, 0.15) is 40.0 Å². The topological polar surface area (TPSA) is 120 Å². The first-order valence-electron chi connectivity index (χ1n) is 9.97. The van der Waals surface area contributed by atoms with Gasteiger partial charge in [0.05, 0.1) is 20.1 Å². The van der Waals surface area contributed by atoms with Crippen LogP contribution in [0.15, 0.2) is 0 Å². The lowest BCUT2D eigenvalue weighted by Gasteiger charge is -2.32. The lowest BCUT2D eigenvalue weighted by Crippen LogP contribution is -2.61. The van der Waals surface area contributed by atoms with Crippen molar-refractivity contribution in [2.24, 2.45) is 17.8 Å². The molecule has 2 rings (SSSR count). The van der Waals surface area contributed by atoms with Gasteiger partial charge in [-0.05, 0) is 58.0 Å². The average molecular weight is 445 g/mol. The van der Waals surface area contributed by atoms with Gasteiger partial charge in [-0.1, -0.05) is 0 Å². The molecule has 2 N–H and O–H groups in total. The van der Waals surface area contributed by atoms with Crippen molar-refractivity contribution < 1.29 is 33.4 Å². The smallest absolute Gasteiger partial charge is 0.408 e. The van der Waals surface area contributed by atoms with Crippen molar-refractivity contribution in [3.63, 3.8) is 0 Å². The summed E-state index contributed by atoms with van der Waals surface area (Å²) in [7, 11) is 2.56. The fraction of sp³-hybridized carbons (Fsp3) is 0.800. The second-order valence-corrected chi connectivity index (χ2v) is 9.70. The van der Waals surface area contributed by atoms with Gasteiger partial charge in [-0.2, -0.15) is 11.8 Å². The highest BCUT2D eigenvalue weighted by molar-refractivity contribution is 7.98. The minimum atomic E-state index is -1.30. The maximum absolute atomic E-state index is 13.1. The van der Waals surface area contributed by atoms with E-state index in [1.54, 1.807) is 20.8 Å². The van der Waals surface area contributed by atoms with Crippen LogP contribution in [0.4, 0.5) is 4.79 Å². The molecule has 0 aromatic carbocycles. The lowest BCUT2D eigenvalue weighted by atomic mass is 9.89. The van der Waals surface area contributed by atoms with Crippen molar-refractivity contribution in [3.8, 4) is 0 Å². The summed E-state index contributed by atoms with van der Waals surface area (Å²) in [6, 6.07) is -0.886. The zero-order chi connectivity index (χ0) is 22.7. The average Bonchev–Trinajstić information content (AvgIpc) is 3.29. The summed E-state index contributed by atoms with van der Waals surface area (Å²) < 4.78 is 15.1. The number of rotatable bonds is 8. The largest absolute Gasteiger partial charge is 0.469 e. The second kappa shape index (κ2) is 9.45. The van der Waals surface area contributed by atoms with Crippen LogP contribution in [0.5, 0.6) is 0 Å². The molecule has 0 aliphatic heterocycles. The first kappa shape index (κ1) is 24.3. The Morgan fingerprint density at radius 2 is 1.83 bits per heavy atom. The zero-order valence-corrected chi connectivity index (χ0v) is 19.2. The number of methoxy groups -OCH3 is 2. The summed E-state index contributed by atoms with van der Waals surface area (Å²) in [4.78, 5) is 50.1. The Labute approximate surface area is 181 Å². The second-order valence-electron chi connectivity index (χ2n) is 8.71. The molecule has 10 heteroatoms. The number of amides is 2. The molecule has 2 saturated carbocycles. The van der Waals surface area contributed by atoms with Gasteiger partial charge in [-0.25, -0.2) is 9.59 Å². The number of thioether (sulfide) groups is 1. The third-order valence-corrected chi connectivity index (χ3v) is 6.24. The molecule has 30 heavy (non-hydrogen) atoms. The van der Waals surface area contributed by atoms with E-state index in [2.05, 4.69) is 10.6 Å². The van der Waals surface area contributed by atoms with Gasteiger partial charge in [0.15, 0.2) is 0 Å². The highest BCUT2D eigenvalue weighted by Gasteiger charge is 2.72. The fourth-order valence-corrected chi connectivity index (χ4v) is 4.77. The molecule has 0 aromatic heterocycles. The molecule has 0 aromatic rings. The molecule has 0 saturated heterocycles. The molecular weight excluding hydrogens is 412 g/mol. The van der Waals surface area contributed by atoms with Gasteiger partial charge >= 0.3 is 18.0 Å². The molecule has 0 heterocycles. The molecule has 0 bridgehead atoms. The number of carbonyl (C=O) groups excluding carboxylic acids is 4. The maximum atomic E-state index is 13.1. The van der Waals surface area contributed by atoms with E-state index in [0.29, 0.717) is 25.0 Å². The molecule has 2 amide bonds. The van der Waals surface area contributed by atoms with Crippen molar-refractivity contribution in [1.82, 2.24) is 10.6 Å². The van der Waals surface area contributed by atoms with Crippen LogP contribution in [0.25, 0.3) is 0 Å². The van der Waals surface area contributed by atoms with Crippen LogP contribution < -0.4 is 10.6 Å². The number of ether oxygens (including phenoxy) is 3. The highest BCUT2D eigenvalue weighted by atomic mass is 32.2. The Morgan fingerprint density at radius 3 is 2.37 bits per heavy atom. The Bertz CT molecular complexity index is 693. The van der Waals surface area contributed by atoms with E-state index in [4.69, 9.17) is 14.2 Å². The molecule has 0 unspecified atom stereocenters. The number of nitrogens with one attached hydrogen (secondary N) is 2. The number of esters is 2. The summed E-state index contributed by atoms with van der Waals surface area (Å²) in [6.45, 7) is 5.19. The number of hydrogen-bond acceptors (Lipinski definition) is 8. The highest BCUT2D eigenvalue weighted by Crippen LogP contribution is 2.63. The molecule has 2 aliphatic rings. The van der Waals surface area contributed by atoms with E-state index < -0.39 is 47.0 Å². The Hall–Kier alpha value is -1.97. The molecule has 2 fully saturated rings. The molecule has 0 radical (unpaired) electrons. The van der Waals surface area contributed by atoms with E-state index in [1.165, 1.54) is 26.0 Å². The van der Waals surface area contributed by atoms with Crippen molar-refractivity contribution in [2.45, 2.75) is 57.2 Å². The molecule has 0 spiro atoms. The first-order valence-corrected chi connectivity index (χ1v) is 11.4. The van der Waals surface area contributed by atoms with Crippen molar-refractivity contribution in [1.29, 1.82) is 0 Å². The van der Waals surface area contributed by atoms with Crippen LogP contribution in [-0.4, -0.2) is 67.3 Å². The first-order chi connectivity index (χ1) is 14.0. The zero-order valence-electron chi connectivity index (χ0n) is 18.4. The Balaban J connectivity index is 2.18. The maximum Gasteiger partial charge on any atom is 0.408 e. The quantitative estimate of drug-likeness (QED) is 0.427. The minimum absolute atomic E-state index is 0.0275. The number of carbonyl (C=O) groups is 4. The van der Waals surface area contributed by atoms with Gasteiger partial charge in [-0.3, -0.25) is 9.59 Å². The lowest BCUT2D eigenvalue weighted by molar-refractivity contribution is -0.153. The fourth-order valence-electron chi connectivity index (χ4n) is 4.30. The summed E-state index contributed by atoms with van der Waals surface area (Å²) in [6.07, 6.45) is 2.52. The van der Waals surface area contributed by atoms with E-state index in [-0.39, 0.29) is 11.8 Å². The summed E-state index contributed by atoms with van der Waals surface area (Å²) in [5.41, 5.74) is -2.01. The molecule has 170 valence electrons. The van der Waals surface area contributed by atoms with Gasteiger partial charge in [0, 0.05) is 5.92 Å². The predicted molar refractivity (Wildman–Crippen MR) is 111 cm³/mol. The molecule has 5 atom stereocenters. The molecule has 9 nitrogen and oxygen atoms in total. The molecule has 2 aliphatic carbocycles. The van der Waals surface area contributed by atoms with E-state index in [0.717, 1.165) is 0 Å². The van der Waals surface area contributed by atoms with Crippen molar-refractivity contribution in [3.05, 3.63) is 0 Å². The van der Waals surface area contributed by atoms with Crippen LogP contribution >= 0.6 is 11.8 Å². The molecular formula is C20H32N2O7S. The summed E-state index contributed by atoms with van der Waals surface area (Å²) in [5, 5.41) is 5.42. The predicted octanol–water partition coefficient (Wildman–Crippen LogP) is 1.49. The third-order valence-electron chi connectivity index (χ3n) is 5.60. The van der Waals surface area contributed by atoms with E-state index in [9.17, 15) is 19.2 Å². The van der Waals surface area contributed by atoms with Gasteiger partial charge in [0.2, 0.25) is 5.91 Å². The van der Waals surface area contributed by atoms with E-state index in [1.807, 2.05) is 6.26 Å². The van der Waals surface area contributed by atoms with Gasteiger partial charge < -0.3 is 24.8 Å².